The molecule has 1 atom stereocenters. The van der Waals surface area contributed by atoms with Gasteiger partial charge in [0.2, 0.25) is 0 Å². The molecule has 0 aliphatic rings. The first kappa shape index (κ1) is 13.1. The lowest BCUT2D eigenvalue weighted by Crippen LogP contribution is -2.26. The molecule has 2 aromatic rings. The van der Waals surface area contributed by atoms with Crippen LogP contribution in [0.15, 0.2) is 54.6 Å². The molecule has 0 aliphatic carbocycles. The van der Waals surface area contributed by atoms with Crippen molar-refractivity contribution in [2.24, 2.45) is 0 Å². The number of rotatable bonds is 4. The summed E-state index contributed by atoms with van der Waals surface area (Å²) in [6.45, 7) is 1.96. The smallest absolute Gasteiger partial charge is 0.251 e. The van der Waals surface area contributed by atoms with Crippen LogP contribution in [-0.2, 0) is 0 Å². The predicted molar refractivity (Wildman–Crippen MR) is 75.3 cm³/mol. The van der Waals surface area contributed by atoms with E-state index >= 15 is 0 Å². The standard InChI is InChI=1S/C16H17NO2/c1-12(13-8-10-15(19-2)11-9-13)17-16(18)14-6-4-3-5-7-14/h3-12H,1-2H3,(H,17,18)/t12-/m1/s1. The highest BCUT2D eigenvalue weighted by Crippen LogP contribution is 2.17. The Morgan fingerprint density at radius 1 is 1.05 bits per heavy atom. The largest absolute Gasteiger partial charge is 0.497 e. The van der Waals surface area contributed by atoms with E-state index in [1.165, 1.54) is 0 Å². The summed E-state index contributed by atoms with van der Waals surface area (Å²) < 4.78 is 5.11. The van der Waals surface area contributed by atoms with E-state index in [2.05, 4.69) is 5.32 Å². The molecule has 2 rings (SSSR count). The van der Waals surface area contributed by atoms with Gasteiger partial charge >= 0.3 is 0 Å². The van der Waals surface area contributed by atoms with E-state index < -0.39 is 0 Å². The summed E-state index contributed by atoms with van der Waals surface area (Å²) in [6.07, 6.45) is 0. The molecule has 98 valence electrons. The first-order chi connectivity index (χ1) is 9.20. The minimum absolute atomic E-state index is 0.0430. The van der Waals surface area contributed by atoms with Gasteiger partial charge in [-0.1, -0.05) is 30.3 Å². The Morgan fingerprint density at radius 3 is 2.26 bits per heavy atom. The zero-order chi connectivity index (χ0) is 13.7. The van der Waals surface area contributed by atoms with Gasteiger partial charge in [0.1, 0.15) is 5.75 Å². The second kappa shape index (κ2) is 6.05. The summed E-state index contributed by atoms with van der Waals surface area (Å²) in [5.74, 6) is 0.745. The van der Waals surface area contributed by atoms with Gasteiger partial charge in [-0.25, -0.2) is 0 Å². The van der Waals surface area contributed by atoms with Crippen molar-refractivity contribution in [3.63, 3.8) is 0 Å². The van der Waals surface area contributed by atoms with E-state index in [0.717, 1.165) is 11.3 Å². The minimum atomic E-state index is -0.0658. The monoisotopic (exact) mass is 255 g/mol. The van der Waals surface area contributed by atoms with Crippen molar-refractivity contribution in [2.75, 3.05) is 7.11 Å². The number of carbonyl (C=O) groups is 1. The Bertz CT molecular complexity index is 534. The third kappa shape index (κ3) is 3.35. The molecule has 1 amide bonds. The average Bonchev–Trinajstić information content (AvgIpc) is 2.48. The Labute approximate surface area is 113 Å². The number of methoxy groups -OCH3 is 1. The molecule has 3 nitrogen and oxygen atoms in total. The Kier molecular flexibility index (Phi) is 4.18. The first-order valence-corrected chi connectivity index (χ1v) is 6.20. The van der Waals surface area contributed by atoms with Gasteiger partial charge in [-0.3, -0.25) is 4.79 Å². The molecular weight excluding hydrogens is 238 g/mol. The number of nitrogens with one attached hydrogen (secondary N) is 1. The fourth-order valence-corrected chi connectivity index (χ4v) is 1.85. The number of amides is 1. The third-order valence-electron chi connectivity index (χ3n) is 3.00. The normalized spacial score (nSPS) is 11.7. The second-order valence-corrected chi connectivity index (χ2v) is 4.33. The lowest BCUT2D eigenvalue weighted by molar-refractivity contribution is 0.0940. The molecule has 2 aromatic carbocycles. The number of benzene rings is 2. The van der Waals surface area contributed by atoms with Gasteiger partial charge in [-0.05, 0) is 36.8 Å². The van der Waals surface area contributed by atoms with E-state index in [4.69, 9.17) is 4.74 Å². The van der Waals surface area contributed by atoms with E-state index in [9.17, 15) is 4.79 Å². The average molecular weight is 255 g/mol. The molecule has 0 aliphatic heterocycles. The van der Waals surface area contributed by atoms with E-state index in [0.29, 0.717) is 5.56 Å². The zero-order valence-corrected chi connectivity index (χ0v) is 11.1. The summed E-state index contributed by atoms with van der Waals surface area (Å²) in [4.78, 5) is 12.0. The molecule has 0 bridgehead atoms. The Hall–Kier alpha value is -2.29. The van der Waals surface area contributed by atoms with Crippen LogP contribution >= 0.6 is 0 Å². The van der Waals surface area contributed by atoms with Crippen LogP contribution in [0.3, 0.4) is 0 Å². The third-order valence-corrected chi connectivity index (χ3v) is 3.00. The van der Waals surface area contributed by atoms with Crippen LogP contribution in [0.2, 0.25) is 0 Å². The number of ether oxygens (including phenoxy) is 1. The number of hydrogen-bond donors (Lipinski definition) is 1. The molecule has 0 aromatic heterocycles. The quantitative estimate of drug-likeness (QED) is 0.911. The maximum Gasteiger partial charge on any atom is 0.251 e. The number of carbonyl (C=O) groups excluding carboxylic acids is 1. The summed E-state index contributed by atoms with van der Waals surface area (Å²) in [5.41, 5.74) is 1.72. The van der Waals surface area contributed by atoms with Crippen molar-refractivity contribution in [3.05, 3.63) is 65.7 Å². The van der Waals surface area contributed by atoms with Crippen LogP contribution in [0.5, 0.6) is 5.75 Å². The molecule has 3 heteroatoms. The van der Waals surface area contributed by atoms with E-state index in [1.54, 1.807) is 19.2 Å². The van der Waals surface area contributed by atoms with Crippen molar-refractivity contribution in [3.8, 4) is 5.75 Å². The molecule has 0 fully saturated rings. The molecule has 0 spiro atoms. The molecule has 19 heavy (non-hydrogen) atoms. The fraction of sp³-hybridized carbons (Fsp3) is 0.188. The molecule has 0 saturated carbocycles. The zero-order valence-electron chi connectivity index (χ0n) is 11.1. The van der Waals surface area contributed by atoms with Crippen LogP contribution < -0.4 is 10.1 Å². The van der Waals surface area contributed by atoms with Crippen molar-refractivity contribution < 1.29 is 9.53 Å². The van der Waals surface area contributed by atoms with Gasteiger partial charge in [0.05, 0.1) is 13.2 Å². The van der Waals surface area contributed by atoms with Gasteiger partial charge in [-0.15, -0.1) is 0 Å². The van der Waals surface area contributed by atoms with Crippen LogP contribution in [0.1, 0.15) is 28.9 Å². The minimum Gasteiger partial charge on any atom is -0.497 e. The van der Waals surface area contributed by atoms with Gasteiger partial charge in [0.15, 0.2) is 0 Å². The van der Waals surface area contributed by atoms with Gasteiger partial charge in [-0.2, -0.15) is 0 Å². The molecule has 0 heterocycles. The van der Waals surface area contributed by atoms with Crippen LogP contribution in [0.25, 0.3) is 0 Å². The molecule has 0 radical (unpaired) electrons. The molecule has 1 N–H and O–H groups in total. The predicted octanol–water partition coefficient (Wildman–Crippen LogP) is 3.19. The summed E-state index contributed by atoms with van der Waals surface area (Å²) in [7, 11) is 1.63. The first-order valence-electron chi connectivity index (χ1n) is 6.20. The molecule has 0 saturated heterocycles. The fourth-order valence-electron chi connectivity index (χ4n) is 1.85. The van der Waals surface area contributed by atoms with Crippen molar-refractivity contribution in [1.82, 2.24) is 5.32 Å². The maximum atomic E-state index is 12.0. The van der Waals surface area contributed by atoms with E-state index in [-0.39, 0.29) is 11.9 Å². The molecule has 0 unspecified atom stereocenters. The van der Waals surface area contributed by atoms with Crippen molar-refractivity contribution >= 4 is 5.91 Å². The summed E-state index contributed by atoms with van der Waals surface area (Å²) in [6, 6.07) is 16.8. The highest BCUT2D eigenvalue weighted by Gasteiger charge is 2.10. The van der Waals surface area contributed by atoms with Crippen LogP contribution in [0.4, 0.5) is 0 Å². The van der Waals surface area contributed by atoms with Gasteiger partial charge in [0.25, 0.3) is 5.91 Å². The van der Waals surface area contributed by atoms with Gasteiger partial charge in [0, 0.05) is 5.56 Å². The van der Waals surface area contributed by atoms with Gasteiger partial charge < -0.3 is 10.1 Å². The highest BCUT2D eigenvalue weighted by atomic mass is 16.5. The van der Waals surface area contributed by atoms with Crippen LogP contribution in [0, 0.1) is 0 Å². The lowest BCUT2D eigenvalue weighted by Gasteiger charge is -2.14. The second-order valence-electron chi connectivity index (χ2n) is 4.33. The maximum absolute atomic E-state index is 12.0. The number of hydrogen-bond acceptors (Lipinski definition) is 2. The summed E-state index contributed by atoms with van der Waals surface area (Å²) >= 11 is 0. The van der Waals surface area contributed by atoms with Crippen LogP contribution in [-0.4, -0.2) is 13.0 Å². The summed E-state index contributed by atoms with van der Waals surface area (Å²) in [5, 5.41) is 2.97. The Balaban J connectivity index is 2.04. The lowest BCUT2D eigenvalue weighted by atomic mass is 10.1. The van der Waals surface area contributed by atoms with Crippen molar-refractivity contribution in [1.29, 1.82) is 0 Å². The van der Waals surface area contributed by atoms with E-state index in [1.807, 2.05) is 49.4 Å². The highest BCUT2D eigenvalue weighted by molar-refractivity contribution is 5.94. The topological polar surface area (TPSA) is 38.3 Å². The Morgan fingerprint density at radius 2 is 1.68 bits per heavy atom. The SMILES string of the molecule is COc1ccc([C@@H](C)NC(=O)c2ccccc2)cc1. The van der Waals surface area contributed by atoms with Crippen molar-refractivity contribution in [2.45, 2.75) is 13.0 Å². The molecular formula is C16H17NO2.